The van der Waals surface area contributed by atoms with Crippen molar-refractivity contribution in [3.05, 3.63) is 0 Å². The van der Waals surface area contributed by atoms with Crippen molar-refractivity contribution in [2.75, 3.05) is 13.1 Å². The fourth-order valence-corrected chi connectivity index (χ4v) is 2.38. The van der Waals surface area contributed by atoms with E-state index in [4.69, 9.17) is 5.11 Å². The van der Waals surface area contributed by atoms with Gasteiger partial charge in [-0.2, -0.15) is 0 Å². The van der Waals surface area contributed by atoms with Gasteiger partial charge in [-0.15, -0.1) is 0 Å². The maximum absolute atomic E-state index is 11.6. The number of amides is 2. The Labute approximate surface area is 115 Å². The predicted molar refractivity (Wildman–Crippen MR) is 74.0 cm³/mol. The van der Waals surface area contributed by atoms with Gasteiger partial charge in [0.2, 0.25) is 0 Å². The van der Waals surface area contributed by atoms with E-state index in [2.05, 4.69) is 10.6 Å². The van der Waals surface area contributed by atoms with Crippen molar-refractivity contribution < 1.29 is 14.7 Å². The molecule has 0 aromatic heterocycles. The summed E-state index contributed by atoms with van der Waals surface area (Å²) in [7, 11) is 0. The summed E-state index contributed by atoms with van der Waals surface area (Å²) in [4.78, 5) is 22.7. The number of hydrogen-bond donors (Lipinski definition) is 3. The number of carbonyl (C=O) groups excluding carboxylic acids is 1. The standard InChI is InChI=1S/C14H26N2O3/c1-3-14(2,12(17)18)10-16-13(19)15-9-8-11-6-4-5-7-11/h11H,3-10H2,1-2H3,(H,17,18)(H2,15,16,19). The number of carboxylic acid groups (broad SMARTS) is 1. The number of carboxylic acids is 1. The molecule has 1 aliphatic rings. The van der Waals surface area contributed by atoms with Crippen LogP contribution in [0, 0.1) is 11.3 Å². The van der Waals surface area contributed by atoms with E-state index < -0.39 is 11.4 Å². The third kappa shape index (κ3) is 5.09. The van der Waals surface area contributed by atoms with Crippen molar-refractivity contribution in [3.8, 4) is 0 Å². The number of urea groups is 1. The molecule has 0 bridgehead atoms. The van der Waals surface area contributed by atoms with E-state index in [9.17, 15) is 9.59 Å². The molecule has 0 aromatic rings. The van der Waals surface area contributed by atoms with E-state index in [1.807, 2.05) is 6.92 Å². The lowest BCUT2D eigenvalue weighted by Crippen LogP contribution is -2.44. The van der Waals surface area contributed by atoms with Crippen LogP contribution in [0.25, 0.3) is 0 Å². The topological polar surface area (TPSA) is 78.4 Å². The lowest BCUT2D eigenvalue weighted by atomic mass is 9.88. The third-order valence-corrected chi connectivity index (χ3v) is 4.25. The highest BCUT2D eigenvalue weighted by molar-refractivity contribution is 5.77. The minimum absolute atomic E-state index is 0.161. The zero-order valence-corrected chi connectivity index (χ0v) is 12.0. The van der Waals surface area contributed by atoms with Crippen LogP contribution >= 0.6 is 0 Å². The van der Waals surface area contributed by atoms with Gasteiger partial charge in [-0.25, -0.2) is 4.79 Å². The molecule has 0 aliphatic heterocycles. The second-order valence-corrected chi connectivity index (χ2v) is 5.77. The molecule has 110 valence electrons. The Morgan fingerprint density at radius 1 is 1.26 bits per heavy atom. The van der Waals surface area contributed by atoms with Crippen LogP contribution < -0.4 is 10.6 Å². The fraction of sp³-hybridized carbons (Fsp3) is 0.857. The SMILES string of the molecule is CCC(C)(CNC(=O)NCCC1CCCC1)C(=O)O. The molecule has 1 unspecified atom stereocenters. The first-order chi connectivity index (χ1) is 8.98. The lowest BCUT2D eigenvalue weighted by molar-refractivity contribution is -0.147. The number of rotatable bonds is 7. The first kappa shape index (κ1) is 15.8. The maximum atomic E-state index is 11.6. The summed E-state index contributed by atoms with van der Waals surface area (Å²) < 4.78 is 0. The summed E-state index contributed by atoms with van der Waals surface area (Å²) in [5.41, 5.74) is -0.886. The smallest absolute Gasteiger partial charge is 0.314 e. The maximum Gasteiger partial charge on any atom is 0.314 e. The summed E-state index contributed by atoms with van der Waals surface area (Å²) in [6, 6.07) is -0.265. The summed E-state index contributed by atoms with van der Waals surface area (Å²) in [5, 5.41) is 14.5. The van der Waals surface area contributed by atoms with Crippen molar-refractivity contribution >= 4 is 12.0 Å². The molecule has 1 rings (SSSR count). The number of nitrogens with one attached hydrogen (secondary N) is 2. The van der Waals surface area contributed by atoms with Gasteiger partial charge in [-0.3, -0.25) is 4.79 Å². The molecule has 0 heterocycles. The molecule has 1 saturated carbocycles. The lowest BCUT2D eigenvalue weighted by Gasteiger charge is -2.23. The van der Waals surface area contributed by atoms with Gasteiger partial charge in [0.15, 0.2) is 0 Å². The number of hydrogen-bond acceptors (Lipinski definition) is 2. The van der Waals surface area contributed by atoms with Crippen LogP contribution in [0.15, 0.2) is 0 Å². The van der Waals surface area contributed by atoms with Crippen LogP contribution in [0.2, 0.25) is 0 Å². The average Bonchev–Trinajstić information content (AvgIpc) is 2.89. The van der Waals surface area contributed by atoms with Gasteiger partial charge in [0.05, 0.1) is 5.41 Å². The second kappa shape index (κ2) is 7.36. The highest BCUT2D eigenvalue weighted by Gasteiger charge is 2.31. The second-order valence-electron chi connectivity index (χ2n) is 5.77. The molecular formula is C14H26N2O3. The van der Waals surface area contributed by atoms with E-state index in [-0.39, 0.29) is 12.6 Å². The highest BCUT2D eigenvalue weighted by Crippen LogP contribution is 2.26. The van der Waals surface area contributed by atoms with Gasteiger partial charge in [0.1, 0.15) is 0 Å². The normalized spacial score (nSPS) is 18.8. The summed E-state index contributed by atoms with van der Waals surface area (Å²) in [6.45, 7) is 4.29. The Morgan fingerprint density at radius 2 is 1.89 bits per heavy atom. The Balaban J connectivity index is 2.18. The first-order valence-electron chi connectivity index (χ1n) is 7.23. The predicted octanol–water partition coefficient (Wildman–Crippen LogP) is 2.37. The molecule has 5 heteroatoms. The van der Waals surface area contributed by atoms with Crippen molar-refractivity contribution in [1.29, 1.82) is 0 Å². The van der Waals surface area contributed by atoms with E-state index in [1.54, 1.807) is 6.92 Å². The molecule has 0 saturated heterocycles. The molecule has 3 N–H and O–H groups in total. The van der Waals surface area contributed by atoms with E-state index in [1.165, 1.54) is 25.7 Å². The van der Waals surface area contributed by atoms with Crippen LogP contribution in [0.3, 0.4) is 0 Å². The van der Waals surface area contributed by atoms with Gasteiger partial charge in [-0.05, 0) is 25.7 Å². The van der Waals surface area contributed by atoms with Crippen LogP contribution in [0.1, 0.15) is 52.4 Å². The molecule has 1 aliphatic carbocycles. The van der Waals surface area contributed by atoms with E-state index in [0.29, 0.717) is 13.0 Å². The van der Waals surface area contributed by atoms with Crippen molar-refractivity contribution in [3.63, 3.8) is 0 Å². The molecule has 2 amide bonds. The largest absolute Gasteiger partial charge is 0.481 e. The van der Waals surface area contributed by atoms with Crippen molar-refractivity contribution in [2.45, 2.75) is 52.4 Å². The Bertz CT molecular complexity index is 314. The Hall–Kier alpha value is -1.26. The molecule has 5 nitrogen and oxygen atoms in total. The molecule has 0 aromatic carbocycles. The minimum Gasteiger partial charge on any atom is -0.481 e. The van der Waals surface area contributed by atoms with Crippen LogP contribution in [-0.4, -0.2) is 30.2 Å². The summed E-state index contributed by atoms with van der Waals surface area (Å²) >= 11 is 0. The molecule has 0 spiro atoms. The van der Waals surface area contributed by atoms with Gasteiger partial charge in [-0.1, -0.05) is 32.6 Å². The van der Waals surface area contributed by atoms with E-state index in [0.717, 1.165) is 12.3 Å². The number of carbonyl (C=O) groups is 2. The number of aliphatic carboxylic acids is 1. The average molecular weight is 270 g/mol. The highest BCUT2D eigenvalue weighted by atomic mass is 16.4. The summed E-state index contributed by atoms with van der Waals surface area (Å²) in [5.74, 6) is -0.124. The Morgan fingerprint density at radius 3 is 2.42 bits per heavy atom. The first-order valence-corrected chi connectivity index (χ1v) is 7.23. The van der Waals surface area contributed by atoms with E-state index >= 15 is 0 Å². The third-order valence-electron chi connectivity index (χ3n) is 4.25. The molecule has 1 atom stereocenters. The van der Waals surface area contributed by atoms with Crippen LogP contribution in [-0.2, 0) is 4.79 Å². The van der Waals surface area contributed by atoms with Gasteiger partial charge in [0.25, 0.3) is 0 Å². The van der Waals surface area contributed by atoms with Gasteiger partial charge < -0.3 is 15.7 Å². The van der Waals surface area contributed by atoms with Crippen LogP contribution in [0.5, 0.6) is 0 Å². The zero-order chi connectivity index (χ0) is 14.3. The fourth-order valence-electron chi connectivity index (χ4n) is 2.38. The molecule has 19 heavy (non-hydrogen) atoms. The van der Waals surface area contributed by atoms with Crippen molar-refractivity contribution in [2.24, 2.45) is 11.3 Å². The molecule has 1 fully saturated rings. The Kier molecular flexibility index (Phi) is 6.12. The van der Waals surface area contributed by atoms with Crippen molar-refractivity contribution in [1.82, 2.24) is 10.6 Å². The molecular weight excluding hydrogens is 244 g/mol. The minimum atomic E-state index is -0.886. The monoisotopic (exact) mass is 270 g/mol. The quantitative estimate of drug-likeness (QED) is 0.664. The van der Waals surface area contributed by atoms with Gasteiger partial charge >= 0.3 is 12.0 Å². The van der Waals surface area contributed by atoms with Crippen LogP contribution in [0.4, 0.5) is 4.79 Å². The summed E-state index contributed by atoms with van der Waals surface area (Å²) in [6.07, 6.45) is 6.68. The van der Waals surface area contributed by atoms with Gasteiger partial charge in [0, 0.05) is 13.1 Å². The molecule has 0 radical (unpaired) electrons. The zero-order valence-electron chi connectivity index (χ0n) is 12.0.